The zero-order valence-electron chi connectivity index (χ0n) is 10.7. The van der Waals surface area contributed by atoms with E-state index in [-0.39, 0.29) is 12.5 Å². The summed E-state index contributed by atoms with van der Waals surface area (Å²) < 4.78 is 5.49. The van der Waals surface area contributed by atoms with Crippen molar-refractivity contribution in [3.63, 3.8) is 0 Å². The number of aromatic nitrogens is 2. The first-order valence-corrected chi connectivity index (χ1v) is 7.38. The lowest BCUT2D eigenvalue weighted by atomic mass is 10.2. The van der Waals surface area contributed by atoms with E-state index < -0.39 is 0 Å². The number of hydrogen-bond acceptors (Lipinski definition) is 5. The normalized spacial score (nSPS) is 10.5. The van der Waals surface area contributed by atoms with Crippen LogP contribution in [0.4, 0.5) is 0 Å². The van der Waals surface area contributed by atoms with Crippen molar-refractivity contribution in [2.45, 2.75) is 6.54 Å². The number of benzene rings is 1. The second kappa shape index (κ2) is 6.07. The fourth-order valence-electron chi connectivity index (χ4n) is 1.71. The number of rotatable bonds is 4. The smallest absolute Gasteiger partial charge is 0.257 e. The molecule has 0 radical (unpaired) electrons. The van der Waals surface area contributed by atoms with Gasteiger partial charge in [0, 0.05) is 10.6 Å². The van der Waals surface area contributed by atoms with Crippen LogP contribution in [0.1, 0.15) is 16.2 Å². The lowest BCUT2D eigenvalue weighted by molar-refractivity contribution is 0.0947. The average molecular weight is 320 g/mol. The van der Waals surface area contributed by atoms with E-state index in [4.69, 9.17) is 16.0 Å². The number of carbonyl (C=O) groups excluding carboxylic acids is 1. The van der Waals surface area contributed by atoms with Gasteiger partial charge in [-0.25, -0.2) is 0 Å². The second-order valence-corrected chi connectivity index (χ2v) is 5.56. The molecule has 7 heteroatoms. The molecule has 0 aliphatic carbocycles. The molecule has 0 saturated heterocycles. The summed E-state index contributed by atoms with van der Waals surface area (Å²) in [5.41, 5.74) is 0.487. The van der Waals surface area contributed by atoms with Crippen LogP contribution in [0.25, 0.3) is 10.8 Å². The van der Waals surface area contributed by atoms with Gasteiger partial charge in [0.15, 0.2) is 0 Å². The van der Waals surface area contributed by atoms with E-state index in [0.29, 0.717) is 22.4 Å². The Bertz CT molecular complexity index is 755. The van der Waals surface area contributed by atoms with Crippen molar-refractivity contribution < 1.29 is 9.21 Å². The molecule has 0 fully saturated rings. The Balaban J connectivity index is 1.64. The number of hydrogen-bond donors (Lipinski definition) is 1. The maximum atomic E-state index is 11.9. The Morgan fingerprint density at radius 3 is 2.95 bits per heavy atom. The van der Waals surface area contributed by atoms with Crippen LogP contribution in [-0.4, -0.2) is 16.1 Å². The van der Waals surface area contributed by atoms with Crippen LogP contribution in [0, 0.1) is 0 Å². The summed E-state index contributed by atoms with van der Waals surface area (Å²) in [6, 6.07) is 10.5. The first kappa shape index (κ1) is 13.8. The van der Waals surface area contributed by atoms with Crippen molar-refractivity contribution in [1.82, 2.24) is 15.5 Å². The summed E-state index contributed by atoms with van der Waals surface area (Å²) in [6.45, 7) is 0.170. The van der Waals surface area contributed by atoms with Gasteiger partial charge in [-0.15, -0.1) is 21.5 Å². The van der Waals surface area contributed by atoms with E-state index in [1.54, 1.807) is 24.3 Å². The molecule has 0 unspecified atom stereocenters. The molecule has 0 saturated carbocycles. The minimum atomic E-state index is -0.242. The van der Waals surface area contributed by atoms with Gasteiger partial charge in [0.2, 0.25) is 5.89 Å². The van der Waals surface area contributed by atoms with Gasteiger partial charge in [-0.3, -0.25) is 4.79 Å². The molecular formula is C14H10ClN3O2S. The number of carbonyl (C=O) groups is 1. The molecule has 3 aromatic rings. The highest BCUT2D eigenvalue weighted by Crippen LogP contribution is 2.22. The summed E-state index contributed by atoms with van der Waals surface area (Å²) in [7, 11) is 0. The SMILES string of the molecule is O=C(NCc1nnc(-c2cccs2)o1)c1cccc(Cl)c1. The molecule has 0 bridgehead atoms. The fourth-order valence-corrected chi connectivity index (χ4v) is 2.55. The number of nitrogens with one attached hydrogen (secondary N) is 1. The highest BCUT2D eigenvalue weighted by molar-refractivity contribution is 7.13. The number of thiophene rings is 1. The van der Waals surface area contributed by atoms with Gasteiger partial charge in [0.25, 0.3) is 11.8 Å². The summed E-state index contributed by atoms with van der Waals surface area (Å²) in [6.07, 6.45) is 0. The quantitative estimate of drug-likeness (QED) is 0.800. The van der Waals surface area contributed by atoms with E-state index in [1.807, 2.05) is 17.5 Å². The van der Waals surface area contributed by atoms with Crippen LogP contribution in [0.5, 0.6) is 0 Å². The van der Waals surface area contributed by atoms with Crippen molar-refractivity contribution in [2.24, 2.45) is 0 Å². The Morgan fingerprint density at radius 2 is 2.19 bits per heavy atom. The summed E-state index contributed by atoms with van der Waals surface area (Å²) in [5, 5.41) is 13.0. The van der Waals surface area contributed by atoms with Crippen LogP contribution < -0.4 is 5.32 Å². The first-order chi connectivity index (χ1) is 10.2. The maximum Gasteiger partial charge on any atom is 0.257 e. The minimum Gasteiger partial charge on any atom is -0.418 e. The van der Waals surface area contributed by atoms with E-state index in [0.717, 1.165) is 4.88 Å². The molecule has 0 spiro atoms. The topological polar surface area (TPSA) is 68.0 Å². The third kappa shape index (κ3) is 3.29. The zero-order valence-corrected chi connectivity index (χ0v) is 12.3. The Morgan fingerprint density at radius 1 is 1.29 bits per heavy atom. The molecule has 1 N–H and O–H groups in total. The molecule has 21 heavy (non-hydrogen) atoms. The number of nitrogens with zero attached hydrogens (tertiary/aromatic N) is 2. The third-order valence-corrected chi connectivity index (χ3v) is 3.78. The van der Waals surface area contributed by atoms with Crippen molar-refractivity contribution in [1.29, 1.82) is 0 Å². The molecule has 0 aliphatic heterocycles. The lowest BCUT2D eigenvalue weighted by Gasteiger charge is -2.02. The largest absolute Gasteiger partial charge is 0.418 e. The van der Waals surface area contributed by atoms with Crippen LogP contribution >= 0.6 is 22.9 Å². The standard InChI is InChI=1S/C14H10ClN3O2S/c15-10-4-1-3-9(7-10)13(19)16-8-12-17-18-14(20-12)11-5-2-6-21-11/h1-7H,8H2,(H,16,19). The summed E-state index contributed by atoms with van der Waals surface area (Å²) in [4.78, 5) is 12.8. The van der Waals surface area contributed by atoms with Gasteiger partial charge in [0.05, 0.1) is 11.4 Å². The molecule has 0 atom stereocenters. The van der Waals surface area contributed by atoms with Crippen LogP contribution in [0.2, 0.25) is 5.02 Å². The molecule has 106 valence electrons. The van der Waals surface area contributed by atoms with E-state index >= 15 is 0 Å². The number of amides is 1. The Labute approximate surface area is 129 Å². The van der Waals surface area contributed by atoms with Crippen molar-refractivity contribution >= 4 is 28.8 Å². The van der Waals surface area contributed by atoms with E-state index in [1.165, 1.54) is 11.3 Å². The average Bonchev–Trinajstić information content (AvgIpc) is 3.15. The molecule has 5 nitrogen and oxygen atoms in total. The number of halogens is 1. The first-order valence-electron chi connectivity index (χ1n) is 6.12. The van der Waals surface area contributed by atoms with Gasteiger partial charge in [0.1, 0.15) is 0 Å². The van der Waals surface area contributed by atoms with Gasteiger partial charge in [-0.05, 0) is 29.6 Å². The van der Waals surface area contributed by atoms with E-state index in [9.17, 15) is 4.79 Å². The maximum absolute atomic E-state index is 11.9. The van der Waals surface area contributed by atoms with Gasteiger partial charge in [-0.2, -0.15) is 0 Å². The van der Waals surface area contributed by atoms with Crippen LogP contribution in [0.15, 0.2) is 46.2 Å². The predicted octanol–water partition coefficient (Wildman–Crippen LogP) is 3.38. The Kier molecular flexibility index (Phi) is 3.98. The van der Waals surface area contributed by atoms with Crippen LogP contribution in [0.3, 0.4) is 0 Å². The summed E-state index contributed by atoms with van der Waals surface area (Å²) >= 11 is 7.36. The van der Waals surface area contributed by atoms with Crippen molar-refractivity contribution in [3.05, 3.63) is 58.3 Å². The van der Waals surface area contributed by atoms with Gasteiger partial charge < -0.3 is 9.73 Å². The van der Waals surface area contributed by atoms with Crippen LogP contribution in [-0.2, 0) is 6.54 Å². The van der Waals surface area contributed by atoms with E-state index in [2.05, 4.69) is 15.5 Å². The minimum absolute atomic E-state index is 0.170. The summed E-state index contributed by atoms with van der Waals surface area (Å²) in [5.74, 6) is 0.569. The molecule has 1 amide bonds. The third-order valence-electron chi connectivity index (χ3n) is 2.69. The lowest BCUT2D eigenvalue weighted by Crippen LogP contribution is -2.22. The van der Waals surface area contributed by atoms with Crippen molar-refractivity contribution in [2.75, 3.05) is 0 Å². The predicted molar refractivity (Wildman–Crippen MR) is 80.2 cm³/mol. The molecule has 0 aliphatic rings. The molecule has 3 rings (SSSR count). The van der Waals surface area contributed by atoms with Gasteiger partial charge >= 0.3 is 0 Å². The molecule has 2 heterocycles. The molecular weight excluding hydrogens is 310 g/mol. The Hall–Kier alpha value is -2.18. The second-order valence-electron chi connectivity index (χ2n) is 4.17. The highest BCUT2D eigenvalue weighted by Gasteiger charge is 2.11. The monoisotopic (exact) mass is 319 g/mol. The highest BCUT2D eigenvalue weighted by atomic mass is 35.5. The fraction of sp³-hybridized carbons (Fsp3) is 0.0714. The molecule has 1 aromatic carbocycles. The van der Waals surface area contributed by atoms with Crippen molar-refractivity contribution in [3.8, 4) is 10.8 Å². The van der Waals surface area contributed by atoms with Gasteiger partial charge in [-0.1, -0.05) is 23.7 Å². The molecule has 2 aromatic heterocycles. The zero-order chi connectivity index (χ0) is 14.7.